The third-order valence-corrected chi connectivity index (χ3v) is 3.81. The Kier molecular flexibility index (Phi) is 2.38. The molecule has 0 aliphatic carbocycles. The molecule has 0 fully saturated rings. The molecule has 4 aromatic rings. The zero-order valence-electron chi connectivity index (χ0n) is 11.2. The average Bonchev–Trinajstić information content (AvgIpc) is 3.09. The number of hydrogen-bond acceptors (Lipinski definition) is 1. The number of aromatic nitrogens is 2. The lowest BCUT2D eigenvalue weighted by atomic mass is 10.1. The molecule has 0 radical (unpaired) electrons. The first-order chi connectivity index (χ1) is 10.2. The number of primary amides is 1. The summed E-state index contributed by atoms with van der Waals surface area (Å²) >= 11 is 0. The molecule has 2 aromatic heterocycles. The van der Waals surface area contributed by atoms with Crippen molar-refractivity contribution in [3.63, 3.8) is 0 Å². The van der Waals surface area contributed by atoms with Crippen LogP contribution in [0.5, 0.6) is 0 Å². The summed E-state index contributed by atoms with van der Waals surface area (Å²) in [4.78, 5) is 18.1. The molecule has 0 aliphatic rings. The fourth-order valence-electron chi connectivity index (χ4n) is 2.81. The van der Waals surface area contributed by atoms with Gasteiger partial charge in [-0.3, -0.25) is 4.79 Å². The van der Waals surface area contributed by atoms with Gasteiger partial charge in [0.2, 0.25) is 5.91 Å². The molecule has 21 heavy (non-hydrogen) atoms. The maximum Gasteiger partial charge on any atom is 0.249 e. The molecule has 0 aliphatic heterocycles. The molecule has 4 heteroatoms. The molecular formula is C17H13N3O. The Morgan fingerprint density at radius 2 is 1.76 bits per heavy atom. The number of hydrogen-bond donors (Lipinski definition) is 3. The van der Waals surface area contributed by atoms with Crippen LogP contribution in [0.2, 0.25) is 0 Å². The Labute approximate surface area is 120 Å². The smallest absolute Gasteiger partial charge is 0.249 e. The topological polar surface area (TPSA) is 74.7 Å². The minimum atomic E-state index is -0.412. The van der Waals surface area contributed by atoms with E-state index < -0.39 is 5.91 Å². The molecule has 0 atom stereocenters. The van der Waals surface area contributed by atoms with Gasteiger partial charge in [-0.1, -0.05) is 24.3 Å². The molecule has 1 amide bonds. The van der Waals surface area contributed by atoms with Crippen LogP contribution in [0.4, 0.5) is 0 Å². The van der Waals surface area contributed by atoms with Crippen LogP contribution < -0.4 is 5.73 Å². The fraction of sp³-hybridized carbons (Fsp3) is 0. The van der Waals surface area contributed by atoms with Crippen molar-refractivity contribution in [2.24, 2.45) is 5.73 Å². The third-order valence-electron chi connectivity index (χ3n) is 3.81. The number of aromatic amines is 2. The van der Waals surface area contributed by atoms with Crippen molar-refractivity contribution in [3.05, 3.63) is 60.3 Å². The van der Waals surface area contributed by atoms with Gasteiger partial charge in [-0.2, -0.15) is 0 Å². The largest absolute Gasteiger partial charge is 0.366 e. The quantitative estimate of drug-likeness (QED) is 0.515. The Bertz CT molecular complexity index is 978. The minimum absolute atomic E-state index is 0.412. The van der Waals surface area contributed by atoms with Crippen molar-refractivity contribution < 1.29 is 4.79 Å². The van der Waals surface area contributed by atoms with E-state index in [-0.39, 0.29) is 0 Å². The zero-order valence-corrected chi connectivity index (χ0v) is 11.2. The van der Waals surface area contributed by atoms with Crippen molar-refractivity contribution in [1.82, 2.24) is 9.97 Å². The van der Waals surface area contributed by atoms with Crippen molar-refractivity contribution in [2.75, 3.05) is 0 Å². The summed E-state index contributed by atoms with van der Waals surface area (Å²) in [5.41, 5.74) is 10.0. The fourth-order valence-corrected chi connectivity index (χ4v) is 2.81. The second kappa shape index (κ2) is 4.24. The molecule has 0 saturated heterocycles. The molecule has 4 nitrogen and oxygen atoms in total. The van der Waals surface area contributed by atoms with Gasteiger partial charge in [0.25, 0.3) is 0 Å². The highest BCUT2D eigenvalue weighted by molar-refractivity contribution is 6.08. The standard InChI is InChI=1S/C17H13N3O/c18-17(21)11-5-3-7-15-12(11)8-16(20-15)13-9-19-14-6-2-1-4-10(13)14/h1-9,19-20H,(H2,18,21). The third kappa shape index (κ3) is 1.73. The van der Waals surface area contributed by atoms with E-state index in [1.807, 2.05) is 42.6 Å². The van der Waals surface area contributed by atoms with Crippen molar-refractivity contribution >= 4 is 27.7 Å². The number of fused-ring (bicyclic) bond motifs is 2. The van der Waals surface area contributed by atoms with Crippen molar-refractivity contribution in [1.29, 1.82) is 0 Å². The van der Waals surface area contributed by atoms with E-state index in [0.29, 0.717) is 5.56 Å². The number of rotatable bonds is 2. The Hall–Kier alpha value is -3.01. The first-order valence-corrected chi connectivity index (χ1v) is 6.72. The zero-order chi connectivity index (χ0) is 14.4. The van der Waals surface area contributed by atoms with Gasteiger partial charge in [0.15, 0.2) is 0 Å². The van der Waals surface area contributed by atoms with Crippen LogP contribution in [0.25, 0.3) is 33.1 Å². The van der Waals surface area contributed by atoms with E-state index >= 15 is 0 Å². The predicted octanol–water partition coefficient (Wildman–Crippen LogP) is 3.42. The second-order valence-corrected chi connectivity index (χ2v) is 5.06. The summed E-state index contributed by atoms with van der Waals surface area (Å²) in [5.74, 6) is -0.412. The minimum Gasteiger partial charge on any atom is -0.366 e. The van der Waals surface area contributed by atoms with E-state index in [2.05, 4.69) is 16.0 Å². The number of nitrogens with one attached hydrogen (secondary N) is 2. The van der Waals surface area contributed by atoms with E-state index in [9.17, 15) is 4.79 Å². The van der Waals surface area contributed by atoms with Gasteiger partial charge in [0.05, 0.1) is 0 Å². The SMILES string of the molecule is NC(=O)c1cccc2[nH]c(-c3c[nH]c4ccccc34)cc12. The number of carbonyl (C=O) groups is 1. The lowest BCUT2D eigenvalue weighted by Gasteiger charge is -1.95. The molecule has 4 N–H and O–H groups in total. The van der Waals surface area contributed by atoms with Gasteiger partial charge in [-0.25, -0.2) is 0 Å². The van der Waals surface area contributed by atoms with E-state index in [1.165, 1.54) is 0 Å². The highest BCUT2D eigenvalue weighted by atomic mass is 16.1. The number of carbonyl (C=O) groups excluding carboxylic acids is 1. The van der Waals surface area contributed by atoms with E-state index in [4.69, 9.17) is 5.73 Å². The predicted molar refractivity (Wildman–Crippen MR) is 84.1 cm³/mol. The lowest BCUT2D eigenvalue weighted by molar-refractivity contribution is 0.100. The van der Waals surface area contributed by atoms with E-state index in [1.54, 1.807) is 6.07 Å². The molecule has 2 aromatic carbocycles. The van der Waals surface area contributed by atoms with Gasteiger partial charge in [-0.15, -0.1) is 0 Å². The van der Waals surface area contributed by atoms with Gasteiger partial charge >= 0.3 is 0 Å². The van der Waals surface area contributed by atoms with Crippen LogP contribution in [0.15, 0.2) is 54.7 Å². The number of H-pyrrole nitrogens is 2. The molecule has 0 bridgehead atoms. The number of benzene rings is 2. The van der Waals surface area contributed by atoms with Gasteiger partial charge < -0.3 is 15.7 Å². The Morgan fingerprint density at radius 3 is 2.62 bits per heavy atom. The number of para-hydroxylation sites is 1. The Balaban J connectivity index is 1.99. The summed E-state index contributed by atoms with van der Waals surface area (Å²) in [6.45, 7) is 0. The van der Waals surface area contributed by atoms with Gasteiger partial charge in [0.1, 0.15) is 0 Å². The molecule has 102 valence electrons. The highest BCUT2D eigenvalue weighted by Crippen LogP contribution is 2.31. The molecule has 0 saturated carbocycles. The highest BCUT2D eigenvalue weighted by Gasteiger charge is 2.12. The summed E-state index contributed by atoms with van der Waals surface area (Å²) in [7, 11) is 0. The monoisotopic (exact) mass is 275 g/mol. The molecule has 0 spiro atoms. The lowest BCUT2D eigenvalue weighted by Crippen LogP contribution is -2.10. The molecular weight excluding hydrogens is 262 g/mol. The van der Waals surface area contributed by atoms with Gasteiger partial charge in [0, 0.05) is 44.8 Å². The maximum atomic E-state index is 11.5. The van der Waals surface area contributed by atoms with Crippen molar-refractivity contribution in [2.45, 2.75) is 0 Å². The van der Waals surface area contributed by atoms with Crippen LogP contribution in [-0.4, -0.2) is 15.9 Å². The average molecular weight is 275 g/mol. The first-order valence-electron chi connectivity index (χ1n) is 6.72. The van der Waals surface area contributed by atoms with Crippen LogP contribution in [-0.2, 0) is 0 Å². The summed E-state index contributed by atoms with van der Waals surface area (Å²) in [6.07, 6.45) is 1.97. The van der Waals surface area contributed by atoms with Crippen LogP contribution in [0, 0.1) is 0 Å². The van der Waals surface area contributed by atoms with Crippen LogP contribution >= 0.6 is 0 Å². The van der Waals surface area contributed by atoms with Crippen LogP contribution in [0.1, 0.15) is 10.4 Å². The second-order valence-electron chi connectivity index (χ2n) is 5.06. The summed E-state index contributed by atoms with van der Waals surface area (Å²) in [6, 6.07) is 15.6. The van der Waals surface area contributed by atoms with E-state index in [0.717, 1.165) is 33.1 Å². The summed E-state index contributed by atoms with van der Waals surface area (Å²) < 4.78 is 0. The normalized spacial score (nSPS) is 11.2. The van der Waals surface area contributed by atoms with Gasteiger partial charge in [-0.05, 0) is 24.3 Å². The molecule has 4 rings (SSSR count). The van der Waals surface area contributed by atoms with Crippen LogP contribution in [0.3, 0.4) is 0 Å². The number of nitrogens with two attached hydrogens (primary N) is 1. The molecule has 2 heterocycles. The maximum absolute atomic E-state index is 11.5. The first kappa shape index (κ1) is 11.8. The van der Waals surface area contributed by atoms with Crippen molar-refractivity contribution in [3.8, 4) is 11.3 Å². The molecule has 0 unspecified atom stereocenters. The number of amides is 1. The summed E-state index contributed by atoms with van der Waals surface area (Å²) in [5, 5.41) is 2.00. The Morgan fingerprint density at radius 1 is 0.952 bits per heavy atom.